The smallest absolute Gasteiger partial charge is 0.258 e. The van der Waals surface area contributed by atoms with Crippen LogP contribution in [0.3, 0.4) is 0 Å². The van der Waals surface area contributed by atoms with Gasteiger partial charge in [-0.15, -0.1) is 0 Å². The van der Waals surface area contributed by atoms with Gasteiger partial charge in [-0.25, -0.2) is 0 Å². The van der Waals surface area contributed by atoms with Gasteiger partial charge in [-0.05, 0) is 38.0 Å². The Balaban J connectivity index is 2.41. The molecule has 4 heteroatoms. The minimum atomic E-state index is -0.0966. The van der Waals surface area contributed by atoms with Crippen molar-refractivity contribution in [3.63, 3.8) is 0 Å². The molecule has 0 aliphatic carbocycles. The molecule has 0 fully saturated rings. The Morgan fingerprint density at radius 1 is 1.33 bits per heavy atom. The number of benzene rings is 1. The molecule has 1 aromatic carbocycles. The van der Waals surface area contributed by atoms with E-state index < -0.39 is 0 Å². The molecule has 1 unspecified atom stereocenters. The van der Waals surface area contributed by atoms with Gasteiger partial charge in [0.15, 0.2) is 6.61 Å². The van der Waals surface area contributed by atoms with Crippen molar-refractivity contribution < 1.29 is 9.53 Å². The minimum absolute atomic E-state index is 0.00718. The van der Waals surface area contributed by atoms with E-state index in [2.05, 4.69) is 5.32 Å². The molecule has 3 N–H and O–H groups in total. The van der Waals surface area contributed by atoms with E-state index in [1.165, 1.54) is 0 Å². The van der Waals surface area contributed by atoms with Gasteiger partial charge < -0.3 is 15.8 Å². The molecule has 0 saturated heterocycles. The fraction of sp³-hybridized carbons (Fsp3) is 0.500. The van der Waals surface area contributed by atoms with Gasteiger partial charge in [0.1, 0.15) is 5.75 Å². The van der Waals surface area contributed by atoms with Crippen LogP contribution in [0.2, 0.25) is 0 Å². The molecule has 0 radical (unpaired) electrons. The van der Waals surface area contributed by atoms with Crippen molar-refractivity contribution in [1.29, 1.82) is 0 Å². The van der Waals surface area contributed by atoms with E-state index in [1.54, 1.807) is 0 Å². The van der Waals surface area contributed by atoms with Gasteiger partial charge in [0.2, 0.25) is 0 Å². The molecular formula is C14H22N2O2. The Bertz CT molecular complexity index is 374. The summed E-state index contributed by atoms with van der Waals surface area (Å²) >= 11 is 0. The van der Waals surface area contributed by atoms with Crippen LogP contribution in [0.5, 0.6) is 5.75 Å². The lowest BCUT2D eigenvalue weighted by molar-refractivity contribution is -0.123. The highest BCUT2D eigenvalue weighted by Gasteiger charge is 2.06. The van der Waals surface area contributed by atoms with Crippen LogP contribution < -0.4 is 15.8 Å². The van der Waals surface area contributed by atoms with Crippen LogP contribution in [0.15, 0.2) is 24.3 Å². The Labute approximate surface area is 109 Å². The largest absolute Gasteiger partial charge is 0.484 e. The van der Waals surface area contributed by atoms with Crippen molar-refractivity contribution in [3.05, 3.63) is 29.8 Å². The van der Waals surface area contributed by atoms with Crippen LogP contribution in [0.1, 0.15) is 38.8 Å². The molecule has 0 heterocycles. The average Bonchev–Trinajstić information content (AvgIpc) is 2.36. The third kappa shape index (κ3) is 4.75. The summed E-state index contributed by atoms with van der Waals surface area (Å²) in [6.45, 7) is 5.96. The van der Waals surface area contributed by atoms with Crippen LogP contribution in [0, 0.1) is 0 Å². The third-order valence-corrected chi connectivity index (χ3v) is 2.80. The van der Waals surface area contributed by atoms with Crippen molar-refractivity contribution in [2.24, 2.45) is 5.73 Å². The third-order valence-electron chi connectivity index (χ3n) is 2.80. The molecule has 1 amide bonds. The Kier molecular flexibility index (Phi) is 5.65. The first-order valence-electron chi connectivity index (χ1n) is 6.30. The van der Waals surface area contributed by atoms with Gasteiger partial charge in [-0.3, -0.25) is 4.79 Å². The highest BCUT2D eigenvalue weighted by atomic mass is 16.5. The maximum absolute atomic E-state index is 11.5. The normalized spacial score (nSPS) is 13.8. The quantitative estimate of drug-likeness (QED) is 0.811. The number of hydrogen-bond acceptors (Lipinski definition) is 3. The van der Waals surface area contributed by atoms with Gasteiger partial charge in [0.05, 0.1) is 0 Å². The molecule has 2 atom stereocenters. The van der Waals surface area contributed by atoms with Crippen LogP contribution in [0.4, 0.5) is 0 Å². The highest BCUT2D eigenvalue weighted by molar-refractivity contribution is 5.77. The first-order valence-corrected chi connectivity index (χ1v) is 6.30. The monoisotopic (exact) mass is 250 g/mol. The second-order valence-electron chi connectivity index (χ2n) is 4.52. The van der Waals surface area contributed by atoms with Crippen LogP contribution in [-0.4, -0.2) is 18.6 Å². The van der Waals surface area contributed by atoms with Crippen LogP contribution in [0.25, 0.3) is 0 Å². The van der Waals surface area contributed by atoms with Crippen molar-refractivity contribution >= 4 is 5.91 Å². The molecular weight excluding hydrogens is 228 g/mol. The number of nitrogens with two attached hydrogens (primary N) is 1. The summed E-state index contributed by atoms with van der Waals surface area (Å²) in [6.07, 6.45) is 0.912. The molecule has 1 rings (SSSR count). The van der Waals surface area contributed by atoms with Crippen molar-refractivity contribution in [2.75, 3.05) is 6.61 Å². The van der Waals surface area contributed by atoms with Gasteiger partial charge in [-0.2, -0.15) is 0 Å². The zero-order valence-corrected chi connectivity index (χ0v) is 11.3. The maximum Gasteiger partial charge on any atom is 0.258 e. The second kappa shape index (κ2) is 7.01. The molecule has 0 saturated carbocycles. The lowest BCUT2D eigenvalue weighted by Gasteiger charge is -2.12. The van der Waals surface area contributed by atoms with E-state index in [-0.39, 0.29) is 24.6 Å². The van der Waals surface area contributed by atoms with Crippen molar-refractivity contribution in [1.82, 2.24) is 5.32 Å². The SMILES string of the molecule is CCC(C)NC(=O)COc1ccc([C@H](C)N)cc1. The molecule has 4 nitrogen and oxygen atoms in total. The average molecular weight is 250 g/mol. The zero-order valence-electron chi connectivity index (χ0n) is 11.3. The van der Waals surface area contributed by atoms with Gasteiger partial charge >= 0.3 is 0 Å². The van der Waals surface area contributed by atoms with Gasteiger partial charge in [0.25, 0.3) is 5.91 Å². The zero-order chi connectivity index (χ0) is 13.5. The summed E-state index contributed by atoms with van der Waals surface area (Å²) < 4.78 is 5.40. The lowest BCUT2D eigenvalue weighted by Crippen LogP contribution is -2.35. The van der Waals surface area contributed by atoms with E-state index in [4.69, 9.17) is 10.5 Å². The van der Waals surface area contributed by atoms with E-state index in [9.17, 15) is 4.79 Å². The fourth-order valence-electron chi connectivity index (χ4n) is 1.44. The first-order chi connectivity index (χ1) is 8.52. The number of rotatable bonds is 6. The van der Waals surface area contributed by atoms with E-state index in [0.717, 1.165) is 12.0 Å². The van der Waals surface area contributed by atoms with Crippen LogP contribution >= 0.6 is 0 Å². The first kappa shape index (κ1) is 14.5. The summed E-state index contributed by atoms with van der Waals surface area (Å²) in [7, 11) is 0. The Hall–Kier alpha value is -1.55. The highest BCUT2D eigenvalue weighted by Crippen LogP contribution is 2.15. The van der Waals surface area contributed by atoms with Crippen molar-refractivity contribution in [3.8, 4) is 5.75 Å². The summed E-state index contributed by atoms with van der Waals surface area (Å²) in [6, 6.07) is 7.66. The topological polar surface area (TPSA) is 64.3 Å². The van der Waals surface area contributed by atoms with Gasteiger partial charge in [-0.1, -0.05) is 19.1 Å². The van der Waals surface area contributed by atoms with Crippen molar-refractivity contribution in [2.45, 2.75) is 39.3 Å². The summed E-state index contributed by atoms with van der Waals surface area (Å²) in [5.74, 6) is 0.583. The van der Waals surface area contributed by atoms with E-state index in [0.29, 0.717) is 5.75 Å². The van der Waals surface area contributed by atoms with E-state index >= 15 is 0 Å². The predicted molar refractivity (Wildman–Crippen MR) is 72.4 cm³/mol. The molecule has 0 spiro atoms. The standard InChI is InChI=1S/C14H22N2O2/c1-4-10(2)16-14(17)9-18-13-7-5-12(6-8-13)11(3)15/h5-8,10-11H,4,9,15H2,1-3H3,(H,16,17)/t10?,11-/m0/s1. The molecule has 100 valence electrons. The predicted octanol–water partition coefficient (Wildman–Crippen LogP) is 2.00. The molecule has 0 aliphatic heterocycles. The van der Waals surface area contributed by atoms with Crippen LogP contribution in [-0.2, 0) is 4.79 Å². The molecule has 1 aromatic rings. The van der Waals surface area contributed by atoms with E-state index in [1.807, 2.05) is 45.0 Å². The molecule has 0 bridgehead atoms. The lowest BCUT2D eigenvalue weighted by atomic mass is 10.1. The summed E-state index contributed by atoms with van der Waals surface area (Å²) in [5.41, 5.74) is 6.80. The second-order valence-corrected chi connectivity index (χ2v) is 4.52. The van der Waals surface area contributed by atoms with Gasteiger partial charge in [0, 0.05) is 12.1 Å². The molecule has 0 aliphatic rings. The molecule has 0 aromatic heterocycles. The summed E-state index contributed by atoms with van der Waals surface area (Å²) in [5, 5.41) is 2.85. The maximum atomic E-state index is 11.5. The number of carbonyl (C=O) groups is 1. The number of hydrogen-bond donors (Lipinski definition) is 2. The number of carbonyl (C=O) groups excluding carboxylic acids is 1. The Morgan fingerprint density at radius 3 is 2.44 bits per heavy atom. The number of ether oxygens (including phenoxy) is 1. The molecule has 18 heavy (non-hydrogen) atoms. The number of amides is 1. The Morgan fingerprint density at radius 2 is 1.94 bits per heavy atom. The fourth-order valence-corrected chi connectivity index (χ4v) is 1.44. The summed E-state index contributed by atoms with van der Waals surface area (Å²) in [4.78, 5) is 11.5. The minimum Gasteiger partial charge on any atom is -0.484 e. The number of nitrogens with one attached hydrogen (secondary N) is 1.